The lowest BCUT2D eigenvalue weighted by atomic mass is 10.2. The van der Waals surface area contributed by atoms with Crippen molar-refractivity contribution in [1.29, 1.82) is 0 Å². The Balaban J connectivity index is 1.54. The third kappa shape index (κ3) is 5.32. The van der Waals surface area contributed by atoms with Gasteiger partial charge in [0.2, 0.25) is 5.88 Å². The quantitative estimate of drug-likeness (QED) is 0.755. The van der Waals surface area contributed by atoms with Gasteiger partial charge in [-0.05, 0) is 26.1 Å². The number of rotatable bonds is 7. The van der Waals surface area contributed by atoms with E-state index in [2.05, 4.69) is 37.4 Å². The Morgan fingerprint density at radius 1 is 1.04 bits per heavy atom. The van der Waals surface area contributed by atoms with Gasteiger partial charge < -0.3 is 25.2 Å². The number of carbonyl (C=O) groups excluding carboxylic acids is 1. The fraction of sp³-hybridized carbons (Fsp3) is 0.450. The topological polar surface area (TPSA) is 82.6 Å². The molecule has 1 saturated heterocycles. The summed E-state index contributed by atoms with van der Waals surface area (Å²) >= 11 is 0. The van der Waals surface area contributed by atoms with Crippen LogP contribution in [0.25, 0.3) is 0 Å². The van der Waals surface area contributed by atoms with Gasteiger partial charge in [-0.2, -0.15) is 0 Å². The molecule has 8 nitrogen and oxygen atoms in total. The molecule has 3 rings (SSSR count). The van der Waals surface area contributed by atoms with Gasteiger partial charge in [-0.25, -0.2) is 14.8 Å². The van der Waals surface area contributed by atoms with E-state index in [0.717, 1.165) is 43.1 Å². The number of likely N-dealkylation sites (N-methyl/N-ethyl adjacent to an activating group) is 1. The molecule has 2 amide bonds. The molecule has 0 radical (unpaired) electrons. The molecule has 8 heteroatoms. The Hall–Kier alpha value is -2.87. The molecule has 1 aliphatic heterocycles. The van der Waals surface area contributed by atoms with Gasteiger partial charge in [0, 0.05) is 62.8 Å². The van der Waals surface area contributed by atoms with Crippen LogP contribution in [0.2, 0.25) is 0 Å². The first-order valence-corrected chi connectivity index (χ1v) is 9.63. The van der Waals surface area contributed by atoms with Crippen LogP contribution in [0.15, 0.2) is 36.7 Å². The van der Waals surface area contributed by atoms with Crippen molar-refractivity contribution in [3.8, 4) is 5.88 Å². The highest BCUT2D eigenvalue weighted by atomic mass is 16.5. The molecule has 2 N–H and O–H groups in total. The smallest absolute Gasteiger partial charge is 0.315 e. The number of nitrogens with zero attached hydrogens (tertiary/aromatic N) is 4. The molecule has 3 heterocycles. The first-order valence-electron chi connectivity index (χ1n) is 9.63. The second-order valence-electron chi connectivity index (χ2n) is 6.71. The van der Waals surface area contributed by atoms with Gasteiger partial charge in [0.25, 0.3) is 0 Å². The summed E-state index contributed by atoms with van der Waals surface area (Å²) in [5.41, 5.74) is 1.86. The van der Waals surface area contributed by atoms with Crippen LogP contribution < -0.4 is 20.3 Å². The van der Waals surface area contributed by atoms with Gasteiger partial charge in [0.1, 0.15) is 5.82 Å². The molecule has 28 heavy (non-hydrogen) atoms. The maximum atomic E-state index is 12.3. The van der Waals surface area contributed by atoms with Gasteiger partial charge in [0.15, 0.2) is 0 Å². The van der Waals surface area contributed by atoms with E-state index in [9.17, 15) is 4.79 Å². The molecule has 0 aromatic carbocycles. The number of carbonyl (C=O) groups is 1. The summed E-state index contributed by atoms with van der Waals surface area (Å²) in [6.07, 6.45) is 3.48. The normalized spacial score (nSPS) is 14.6. The molecule has 0 bridgehead atoms. The van der Waals surface area contributed by atoms with E-state index in [1.165, 1.54) is 0 Å². The second kappa shape index (κ2) is 9.89. The Kier molecular flexibility index (Phi) is 7.02. The first-order chi connectivity index (χ1) is 13.7. The summed E-state index contributed by atoms with van der Waals surface area (Å²) < 4.78 is 5.49. The zero-order valence-corrected chi connectivity index (χ0v) is 16.5. The van der Waals surface area contributed by atoms with Gasteiger partial charge in [-0.3, -0.25) is 0 Å². The average molecular weight is 384 g/mol. The zero-order chi connectivity index (χ0) is 19.8. The summed E-state index contributed by atoms with van der Waals surface area (Å²) in [5, 5.41) is 5.78. The molecule has 0 atom stereocenters. The number of hydrogen-bond donors (Lipinski definition) is 2. The van der Waals surface area contributed by atoms with Crippen LogP contribution in [0.3, 0.4) is 0 Å². The third-order valence-electron chi connectivity index (χ3n) is 4.68. The number of nitrogens with one attached hydrogen (secondary N) is 2. The molecule has 0 spiro atoms. The van der Waals surface area contributed by atoms with E-state index in [1.807, 2.05) is 31.2 Å². The summed E-state index contributed by atoms with van der Waals surface area (Å²) in [5.74, 6) is 1.50. The molecular weight excluding hydrogens is 356 g/mol. The molecule has 2 aromatic rings. The number of pyridine rings is 2. The van der Waals surface area contributed by atoms with E-state index >= 15 is 0 Å². The predicted molar refractivity (Wildman–Crippen MR) is 108 cm³/mol. The molecule has 0 unspecified atom stereocenters. The van der Waals surface area contributed by atoms with E-state index in [0.29, 0.717) is 25.6 Å². The highest BCUT2D eigenvalue weighted by Gasteiger charge is 2.18. The number of piperazine rings is 1. The van der Waals surface area contributed by atoms with Crippen molar-refractivity contribution in [2.75, 3.05) is 44.7 Å². The minimum absolute atomic E-state index is 0.237. The molecule has 1 fully saturated rings. The fourth-order valence-electron chi connectivity index (χ4n) is 3.11. The Labute approximate surface area is 165 Å². The lowest BCUT2D eigenvalue weighted by molar-refractivity contribution is 0.240. The molecule has 150 valence electrons. The van der Waals surface area contributed by atoms with E-state index in [-0.39, 0.29) is 6.03 Å². The number of amides is 2. The van der Waals surface area contributed by atoms with Crippen molar-refractivity contribution < 1.29 is 9.53 Å². The van der Waals surface area contributed by atoms with Crippen LogP contribution in [0.1, 0.15) is 18.1 Å². The van der Waals surface area contributed by atoms with Crippen LogP contribution in [0.4, 0.5) is 10.6 Å². The maximum Gasteiger partial charge on any atom is 0.315 e. The first kappa shape index (κ1) is 19.9. The fourth-order valence-corrected chi connectivity index (χ4v) is 3.11. The molecule has 2 aromatic heterocycles. The Bertz CT molecular complexity index is 777. The summed E-state index contributed by atoms with van der Waals surface area (Å²) in [6.45, 7) is 7.12. The Morgan fingerprint density at radius 3 is 2.39 bits per heavy atom. The van der Waals surface area contributed by atoms with Gasteiger partial charge in [0.05, 0.1) is 6.61 Å². The van der Waals surface area contributed by atoms with Crippen molar-refractivity contribution in [2.24, 2.45) is 0 Å². The van der Waals surface area contributed by atoms with Crippen molar-refractivity contribution in [3.63, 3.8) is 0 Å². The highest BCUT2D eigenvalue weighted by Crippen LogP contribution is 2.18. The number of aromatic nitrogens is 2. The standard InChI is InChI=1S/C20H28N6O2/c1-3-28-19-17(7-5-9-22-19)15-24-20(27)23-14-16-6-4-8-21-18(16)26-12-10-25(2)11-13-26/h4-9H,3,10-15H2,1-2H3,(H2,23,24,27). The summed E-state index contributed by atoms with van der Waals surface area (Å²) in [7, 11) is 2.13. The number of hydrogen-bond acceptors (Lipinski definition) is 6. The van der Waals surface area contributed by atoms with Crippen molar-refractivity contribution in [3.05, 3.63) is 47.8 Å². The number of anilines is 1. The SMILES string of the molecule is CCOc1ncccc1CNC(=O)NCc1cccnc1N1CCN(C)CC1. The molecule has 1 aliphatic rings. The van der Waals surface area contributed by atoms with Crippen LogP contribution in [0, 0.1) is 0 Å². The second-order valence-corrected chi connectivity index (χ2v) is 6.71. The van der Waals surface area contributed by atoms with Gasteiger partial charge in [-0.15, -0.1) is 0 Å². The Morgan fingerprint density at radius 2 is 1.68 bits per heavy atom. The summed E-state index contributed by atoms with van der Waals surface area (Å²) in [6, 6.07) is 7.40. The third-order valence-corrected chi connectivity index (χ3v) is 4.68. The molecule has 0 saturated carbocycles. The highest BCUT2D eigenvalue weighted by molar-refractivity contribution is 5.74. The zero-order valence-electron chi connectivity index (χ0n) is 16.5. The lowest BCUT2D eigenvalue weighted by Gasteiger charge is -2.34. The van der Waals surface area contributed by atoms with Crippen LogP contribution in [0.5, 0.6) is 5.88 Å². The summed E-state index contributed by atoms with van der Waals surface area (Å²) in [4.78, 5) is 25.6. The van der Waals surface area contributed by atoms with E-state index < -0.39 is 0 Å². The van der Waals surface area contributed by atoms with Crippen LogP contribution >= 0.6 is 0 Å². The van der Waals surface area contributed by atoms with Crippen LogP contribution in [-0.2, 0) is 13.1 Å². The largest absolute Gasteiger partial charge is 0.478 e. The van der Waals surface area contributed by atoms with E-state index in [1.54, 1.807) is 12.4 Å². The number of ether oxygens (including phenoxy) is 1. The average Bonchev–Trinajstić information content (AvgIpc) is 2.73. The van der Waals surface area contributed by atoms with Crippen molar-refractivity contribution in [1.82, 2.24) is 25.5 Å². The van der Waals surface area contributed by atoms with Crippen molar-refractivity contribution >= 4 is 11.8 Å². The van der Waals surface area contributed by atoms with Gasteiger partial charge in [-0.1, -0.05) is 12.1 Å². The minimum Gasteiger partial charge on any atom is -0.478 e. The molecular formula is C20H28N6O2. The number of urea groups is 1. The monoisotopic (exact) mass is 384 g/mol. The van der Waals surface area contributed by atoms with E-state index in [4.69, 9.17) is 4.74 Å². The maximum absolute atomic E-state index is 12.3. The lowest BCUT2D eigenvalue weighted by Crippen LogP contribution is -2.45. The van der Waals surface area contributed by atoms with Gasteiger partial charge >= 0.3 is 6.03 Å². The predicted octanol–water partition coefficient (Wildman–Crippen LogP) is 1.63. The van der Waals surface area contributed by atoms with Crippen LogP contribution in [-0.4, -0.2) is 60.7 Å². The molecule has 0 aliphatic carbocycles. The minimum atomic E-state index is -0.237. The van der Waals surface area contributed by atoms with Crippen molar-refractivity contribution in [2.45, 2.75) is 20.0 Å².